The molecule has 0 aliphatic heterocycles. The second-order valence-electron chi connectivity index (χ2n) is 6.12. The molecule has 2 heteroatoms. The summed E-state index contributed by atoms with van der Waals surface area (Å²) in [6.45, 7) is 6.26. The van der Waals surface area contributed by atoms with Gasteiger partial charge in [-0.2, -0.15) is 0 Å². The molecule has 0 heterocycles. The third kappa shape index (κ3) is 2.69. The van der Waals surface area contributed by atoms with Crippen LogP contribution in [0.2, 0.25) is 0 Å². The van der Waals surface area contributed by atoms with Crippen LogP contribution in [0.1, 0.15) is 49.0 Å². The number of hydrogen-bond acceptors (Lipinski definition) is 2. The van der Waals surface area contributed by atoms with E-state index in [0.29, 0.717) is 18.4 Å². The Labute approximate surface area is 108 Å². The number of hydrogen-bond donors (Lipinski definition) is 0. The molecule has 2 rings (SSSR count). The molecule has 96 valence electrons. The van der Waals surface area contributed by atoms with Crippen LogP contribution in [0, 0.1) is 18.3 Å². The van der Waals surface area contributed by atoms with Crippen molar-refractivity contribution in [3.8, 4) is 0 Å². The maximum absolute atomic E-state index is 12.4. The van der Waals surface area contributed by atoms with E-state index < -0.39 is 5.92 Å². The van der Waals surface area contributed by atoms with E-state index in [9.17, 15) is 9.59 Å². The van der Waals surface area contributed by atoms with Crippen LogP contribution in [0.25, 0.3) is 0 Å². The molecule has 0 N–H and O–H groups in total. The van der Waals surface area contributed by atoms with E-state index in [4.69, 9.17) is 0 Å². The van der Waals surface area contributed by atoms with Crippen molar-refractivity contribution in [3.63, 3.8) is 0 Å². The smallest absolute Gasteiger partial charge is 0.173 e. The Morgan fingerprint density at radius 3 is 2.44 bits per heavy atom. The summed E-state index contributed by atoms with van der Waals surface area (Å²) in [5.74, 6) is -0.330. The minimum absolute atomic E-state index is 0.00669. The van der Waals surface area contributed by atoms with Gasteiger partial charge < -0.3 is 0 Å². The molecule has 0 radical (unpaired) electrons. The first-order valence-corrected chi connectivity index (χ1v) is 6.53. The van der Waals surface area contributed by atoms with Gasteiger partial charge in [0.1, 0.15) is 5.78 Å². The second kappa shape index (κ2) is 4.68. The standard InChI is InChI=1S/C16H20O2/c1-11-4-6-12(7-5-11)15(18)13-10-16(2,3)9-8-14(13)17/h4-7,13H,8-10H2,1-3H3. The van der Waals surface area contributed by atoms with Crippen molar-refractivity contribution in [2.24, 2.45) is 11.3 Å². The summed E-state index contributed by atoms with van der Waals surface area (Å²) in [6, 6.07) is 7.50. The molecule has 1 atom stereocenters. The van der Waals surface area contributed by atoms with Crippen LogP contribution in [0.5, 0.6) is 0 Å². The molecular weight excluding hydrogens is 224 g/mol. The Bertz CT molecular complexity index is 468. The molecule has 1 aromatic carbocycles. The summed E-state index contributed by atoms with van der Waals surface area (Å²) >= 11 is 0. The van der Waals surface area contributed by atoms with Crippen molar-refractivity contribution in [3.05, 3.63) is 35.4 Å². The van der Waals surface area contributed by atoms with Crippen LogP contribution in [-0.2, 0) is 4.79 Å². The summed E-state index contributed by atoms with van der Waals surface area (Å²) < 4.78 is 0. The van der Waals surface area contributed by atoms with Crippen LogP contribution in [0.4, 0.5) is 0 Å². The lowest BCUT2D eigenvalue weighted by atomic mass is 9.69. The van der Waals surface area contributed by atoms with Gasteiger partial charge in [0.25, 0.3) is 0 Å². The lowest BCUT2D eigenvalue weighted by Crippen LogP contribution is -2.35. The first-order valence-electron chi connectivity index (χ1n) is 6.53. The van der Waals surface area contributed by atoms with Crippen molar-refractivity contribution in [1.29, 1.82) is 0 Å². The highest BCUT2D eigenvalue weighted by Gasteiger charge is 2.37. The van der Waals surface area contributed by atoms with Gasteiger partial charge >= 0.3 is 0 Å². The number of rotatable bonds is 2. The molecule has 1 aliphatic rings. The topological polar surface area (TPSA) is 34.1 Å². The van der Waals surface area contributed by atoms with Gasteiger partial charge in [0.05, 0.1) is 5.92 Å². The summed E-state index contributed by atoms with van der Waals surface area (Å²) in [5.41, 5.74) is 1.89. The highest BCUT2D eigenvalue weighted by molar-refractivity contribution is 6.11. The normalized spacial score (nSPS) is 22.8. The fourth-order valence-corrected chi connectivity index (χ4v) is 2.56. The lowest BCUT2D eigenvalue weighted by molar-refractivity contribution is -0.125. The van der Waals surface area contributed by atoms with Gasteiger partial charge in [0.2, 0.25) is 0 Å². The fraction of sp³-hybridized carbons (Fsp3) is 0.500. The molecule has 18 heavy (non-hydrogen) atoms. The van der Waals surface area contributed by atoms with E-state index in [1.807, 2.05) is 31.2 Å². The average molecular weight is 244 g/mol. The molecule has 0 spiro atoms. The quantitative estimate of drug-likeness (QED) is 0.588. The van der Waals surface area contributed by atoms with Crippen molar-refractivity contribution in [1.82, 2.24) is 0 Å². The van der Waals surface area contributed by atoms with Crippen LogP contribution in [-0.4, -0.2) is 11.6 Å². The fourth-order valence-electron chi connectivity index (χ4n) is 2.56. The van der Waals surface area contributed by atoms with Crippen LogP contribution < -0.4 is 0 Å². The molecule has 0 saturated heterocycles. The Hall–Kier alpha value is -1.44. The molecule has 0 amide bonds. The maximum Gasteiger partial charge on any atom is 0.173 e. The molecule has 2 nitrogen and oxygen atoms in total. The van der Waals surface area contributed by atoms with E-state index in [1.54, 1.807) is 0 Å². The zero-order chi connectivity index (χ0) is 13.3. The van der Waals surface area contributed by atoms with E-state index in [2.05, 4.69) is 13.8 Å². The van der Waals surface area contributed by atoms with E-state index in [1.165, 1.54) is 0 Å². The molecule has 0 aromatic heterocycles. The first-order chi connectivity index (χ1) is 8.39. The third-order valence-electron chi connectivity index (χ3n) is 3.85. The van der Waals surface area contributed by atoms with Gasteiger partial charge in [-0.3, -0.25) is 9.59 Å². The molecule has 1 aliphatic carbocycles. The minimum Gasteiger partial charge on any atom is -0.299 e. The average Bonchev–Trinajstić information content (AvgIpc) is 2.32. The summed E-state index contributed by atoms with van der Waals surface area (Å²) in [4.78, 5) is 24.3. The van der Waals surface area contributed by atoms with Crippen molar-refractivity contribution in [2.75, 3.05) is 0 Å². The summed E-state index contributed by atoms with van der Waals surface area (Å²) in [6.07, 6.45) is 2.11. The number of aryl methyl sites for hydroxylation is 1. The van der Waals surface area contributed by atoms with Gasteiger partial charge in [0.15, 0.2) is 5.78 Å². The first kappa shape index (κ1) is 13.0. The highest BCUT2D eigenvalue weighted by atomic mass is 16.1. The molecular formula is C16H20O2. The van der Waals surface area contributed by atoms with Gasteiger partial charge in [-0.25, -0.2) is 0 Å². The maximum atomic E-state index is 12.4. The SMILES string of the molecule is Cc1ccc(C(=O)C2CC(C)(C)CCC2=O)cc1. The lowest BCUT2D eigenvalue weighted by Gasteiger charge is -2.33. The predicted molar refractivity (Wildman–Crippen MR) is 71.6 cm³/mol. The number of benzene rings is 1. The Morgan fingerprint density at radius 2 is 1.83 bits per heavy atom. The molecule has 1 unspecified atom stereocenters. The van der Waals surface area contributed by atoms with Gasteiger partial charge in [0, 0.05) is 12.0 Å². The Kier molecular flexibility index (Phi) is 3.38. The summed E-state index contributed by atoms with van der Waals surface area (Å²) in [5, 5.41) is 0. The Balaban J connectivity index is 2.22. The Morgan fingerprint density at radius 1 is 1.22 bits per heavy atom. The van der Waals surface area contributed by atoms with Crippen LogP contribution in [0.15, 0.2) is 24.3 Å². The van der Waals surface area contributed by atoms with E-state index >= 15 is 0 Å². The van der Waals surface area contributed by atoms with E-state index in [-0.39, 0.29) is 17.0 Å². The zero-order valence-electron chi connectivity index (χ0n) is 11.3. The molecule has 1 aromatic rings. The van der Waals surface area contributed by atoms with Gasteiger partial charge in [-0.1, -0.05) is 43.7 Å². The molecule has 1 saturated carbocycles. The van der Waals surface area contributed by atoms with Crippen molar-refractivity contribution >= 4 is 11.6 Å². The third-order valence-corrected chi connectivity index (χ3v) is 3.85. The zero-order valence-corrected chi connectivity index (χ0v) is 11.3. The van der Waals surface area contributed by atoms with Crippen molar-refractivity contribution in [2.45, 2.75) is 40.0 Å². The predicted octanol–water partition coefficient (Wildman–Crippen LogP) is 3.57. The van der Waals surface area contributed by atoms with Crippen LogP contribution in [0.3, 0.4) is 0 Å². The number of ketones is 2. The molecule has 0 bridgehead atoms. The largest absolute Gasteiger partial charge is 0.299 e. The highest BCUT2D eigenvalue weighted by Crippen LogP contribution is 2.38. The van der Waals surface area contributed by atoms with E-state index in [0.717, 1.165) is 12.0 Å². The summed E-state index contributed by atoms with van der Waals surface area (Å²) in [7, 11) is 0. The second-order valence-corrected chi connectivity index (χ2v) is 6.12. The van der Waals surface area contributed by atoms with Gasteiger partial charge in [-0.05, 0) is 25.2 Å². The van der Waals surface area contributed by atoms with Crippen molar-refractivity contribution < 1.29 is 9.59 Å². The van der Waals surface area contributed by atoms with Crippen LogP contribution >= 0.6 is 0 Å². The number of Topliss-reactive ketones (excluding diaryl/α,β-unsaturated/α-hetero) is 2. The number of carbonyl (C=O) groups is 2. The monoisotopic (exact) mass is 244 g/mol. The minimum atomic E-state index is -0.434. The van der Waals surface area contributed by atoms with Gasteiger partial charge in [-0.15, -0.1) is 0 Å². The molecule has 1 fully saturated rings. The number of carbonyl (C=O) groups excluding carboxylic acids is 2.